The van der Waals surface area contributed by atoms with Gasteiger partial charge < -0.3 is 5.11 Å². The lowest BCUT2D eigenvalue weighted by Gasteiger charge is -2.21. The Hall–Kier alpha value is -1.83. The second kappa shape index (κ2) is 7.68. The van der Waals surface area contributed by atoms with Gasteiger partial charge in [0.05, 0.1) is 0 Å². The van der Waals surface area contributed by atoms with Crippen LogP contribution in [0, 0.1) is 5.92 Å². The maximum atomic E-state index is 11.3. The van der Waals surface area contributed by atoms with Crippen LogP contribution in [-0.2, 0) is 4.79 Å². The molecule has 1 N–H and O–H groups in total. The van der Waals surface area contributed by atoms with Gasteiger partial charge in [0.25, 0.3) is 0 Å². The average molecular weight is 270 g/mol. The molecule has 1 aliphatic rings. The summed E-state index contributed by atoms with van der Waals surface area (Å²) in [4.78, 5) is 11.3. The first-order valence-electron chi connectivity index (χ1n) is 7.41. The van der Waals surface area contributed by atoms with Gasteiger partial charge in [0.2, 0.25) is 0 Å². The Morgan fingerprint density at radius 2 is 1.85 bits per heavy atom. The van der Waals surface area contributed by atoms with Crippen LogP contribution >= 0.6 is 0 Å². The zero-order valence-electron chi connectivity index (χ0n) is 11.8. The van der Waals surface area contributed by atoms with Gasteiger partial charge in [0.15, 0.2) is 0 Å². The molecule has 0 atom stereocenters. The van der Waals surface area contributed by atoms with Crippen molar-refractivity contribution >= 4 is 12.0 Å². The van der Waals surface area contributed by atoms with E-state index in [4.69, 9.17) is 0 Å². The number of hydrogen-bond donors (Lipinski definition) is 1. The Morgan fingerprint density at radius 3 is 2.50 bits per heavy atom. The standard InChI is InChI=1S/C18H22O2/c19-18(20)17(14-16-10-5-2-6-11-16)13-7-12-15-8-3-1-4-9-15/h1,3-4,7-9,12-13,16H,2,5-6,10-11,14H2,(H,19,20). The topological polar surface area (TPSA) is 37.3 Å². The molecule has 0 bridgehead atoms. The number of allylic oxidation sites excluding steroid dienone is 2. The number of carboxylic acid groups (broad SMARTS) is 1. The summed E-state index contributed by atoms with van der Waals surface area (Å²) in [6.45, 7) is 0. The van der Waals surface area contributed by atoms with Crippen LogP contribution in [0.3, 0.4) is 0 Å². The summed E-state index contributed by atoms with van der Waals surface area (Å²) in [6, 6.07) is 9.93. The first kappa shape index (κ1) is 14.6. The second-order valence-electron chi connectivity index (χ2n) is 5.48. The van der Waals surface area contributed by atoms with Crippen LogP contribution in [0.2, 0.25) is 0 Å². The van der Waals surface area contributed by atoms with Gasteiger partial charge in [0.1, 0.15) is 0 Å². The maximum Gasteiger partial charge on any atom is 0.331 e. The molecule has 0 spiro atoms. The molecule has 1 aromatic rings. The monoisotopic (exact) mass is 270 g/mol. The molecule has 0 saturated heterocycles. The third-order valence-corrected chi connectivity index (χ3v) is 3.89. The first-order chi connectivity index (χ1) is 9.75. The third-order valence-electron chi connectivity index (χ3n) is 3.89. The highest BCUT2D eigenvalue weighted by Gasteiger charge is 2.17. The van der Waals surface area contributed by atoms with Crippen LogP contribution in [-0.4, -0.2) is 11.1 Å². The van der Waals surface area contributed by atoms with E-state index in [1.54, 1.807) is 6.08 Å². The van der Waals surface area contributed by atoms with Crippen molar-refractivity contribution in [1.29, 1.82) is 0 Å². The number of rotatable bonds is 5. The van der Waals surface area contributed by atoms with E-state index in [9.17, 15) is 9.90 Å². The van der Waals surface area contributed by atoms with Crippen molar-refractivity contribution in [3.05, 3.63) is 53.6 Å². The lowest BCUT2D eigenvalue weighted by molar-refractivity contribution is -0.132. The molecule has 0 aromatic heterocycles. The van der Waals surface area contributed by atoms with E-state index in [2.05, 4.69) is 0 Å². The van der Waals surface area contributed by atoms with Crippen molar-refractivity contribution in [2.45, 2.75) is 38.5 Å². The highest BCUT2D eigenvalue weighted by molar-refractivity contribution is 5.87. The number of benzene rings is 1. The second-order valence-corrected chi connectivity index (χ2v) is 5.48. The quantitative estimate of drug-likeness (QED) is 0.623. The molecule has 1 aliphatic carbocycles. The van der Waals surface area contributed by atoms with E-state index in [1.807, 2.05) is 42.5 Å². The van der Waals surface area contributed by atoms with Crippen molar-refractivity contribution < 1.29 is 9.90 Å². The van der Waals surface area contributed by atoms with Crippen LogP contribution < -0.4 is 0 Å². The first-order valence-corrected chi connectivity index (χ1v) is 7.41. The predicted molar refractivity (Wildman–Crippen MR) is 82.4 cm³/mol. The molecule has 0 aliphatic heterocycles. The van der Waals surface area contributed by atoms with E-state index < -0.39 is 5.97 Å². The molecule has 106 valence electrons. The van der Waals surface area contributed by atoms with Crippen molar-refractivity contribution in [3.8, 4) is 0 Å². The smallest absolute Gasteiger partial charge is 0.331 e. The van der Waals surface area contributed by atoms with E-state index in [0.29, 0.717) is 17.9 Å². The van der Waals surface area contributed by atoms with Gasteiger partial charge in [-0.05, 0) is 17.9 Å². The van der Waals surface area contributed by atoms with Gasteiger partial charge in [-0.1, -0.05) is 80.7 Å². The molecule has 2 rings (SSSR count). The summed E-state index contributed by atoms with van der Waals surface area (Å²) in [5.74, 6) is -0.232. The van der Waals surface area contributed by atoms with E-state index in [1.165, 1.54) is 32.1 Å². The Balaban J connectivity index is 1.98. The van der Waals surface area contributed by atoms with Gasteiger partial charge in [-0.2, -0.15) is 0 Å². The fourth-order valence-corrected chi connectivity index (χ4v) is 2.77. The Morgan fingerprint density at radius 1 is 1.15 bits per heavy atom. The van der Waals surface area contributed by atoms with Gasteiger partial charge in [-0.15, -0.1) is 0 Å². The SMILES string of the molecule is O=C(O)C(=CC=Cc1ccccc1)CC1CCCCC1. The highest BCUT2D eigenvalue weighted by Crippen LogP contribution is 2.29. The summed E-state index contributed by atoms with van der Waals surface area (Å²) < 4.78 is 0. The summed E-state index contributed by atoms with van der Waals surface area (Å²) >= 11 is 0. The molecule has 20 heavy (non-hydrogen) atoms. The van der Waals surface area contributed by atoms with E-state index in [0.717, 1.165) is 5.56 Å². The molecule has 0 amide bonds. The summed E-state index contributed by atoms with van der Waals surface area (Å²) in [5.41, 5.74) is 1.62. The molecule has 1 fully saturated rings. The Bertz CT molecular complexity index is 479. The molecule has 0 radical (unpaired) electrons. The number of hydrogen-bond acceptors (Lipinski definition) is 1. The van der Waals surface area contributed by atoms with Crippen molar-refractivity contribution in [1.82, 2.24) is 0 Å². The van der Waals surface area contributed by atoms with Crippen LogP contribution in [0.25, 0.3) is 6.08 Å². The lowest BCUT2D eigenvalue weighted by Crippen LogP contribution is -2.11. The molecular formula is C18H22O2. The van der Waals surface area contributed by atoms with Crippen LogP contribution in [0.5, 0.6) is 0 Å². The zero-order valence-corrected chi connectivity index (χ0v) is 11.8. The largest absolute Gasteiger partial charge is 0.478 e. The summed E-state index contributed by atoms with van der Waals surface area (Å²) in [6.07, 6.45) is 12.4. The summed E-state index contributed by atoms with van der Waals surface area (Å²) in [7, 11) is 0. The number of aliphatic carboxylic acids is 1. The van der Waals surface area contributed by atoms with Crippen LogP contribution in [0.15, 0.2) is 48.1 Å². The molecular weight excluding hydrogens is 248 g/mol. The maximum absolute atomic E-state index is 11.3. The number of carboxylic acids is 1. The fraction of sp³-hybridized carbons (Fsp3) is 0.389. The predicted octanol–water partition coefficient (Wildman–Crippen LogP) is 4.68. The van der Waals surface area contributed by atoms with Gasteiger partial charge in [-0.3, -0.25) is 0 Å². The van der Waals surface area contributed by atoms with Gasteiger partial charge in [-0.25, -0.2) is 4.79 Å². The van der Waals surface area contributed by atoms with Crippen molar-refractivity contribution in [2.75, 3.05) is 0 Å². The minimum atomic E-state index is -0.784. The van der Waals surface area contributed by atoms with Crippen molar-refractivity contribution in [2.24, 2.45) is 5.92 Å². The van der Waals surface area contributed by atoms with E-state index in [-0.39, 0.29) is 0 Å². The normalized spacial score (nSPS) is 17.5. The number of carbonyl (C=O) groups is 1. The lowest BCUT2D eigenvalue weighted by atomic mass is 9.84. The minimum Gasteiger partial charge on any atom is -0.478 e. The van der Waals surface area contributed by atoms with Crippen LogP contribution in [0.4, 0.5) is 0 Å². The Kier molecular flexibility index (Phi) is 5.60. The van der Waals surface area contributed by atoms with Gasteiger partial charge in [0, 0.05) is 5.57 Å². The average Bonchev–Trinajstić information content (AvgIpc) is 2.48. The molecule has 0 unspecified atom stereocenters. The Labute approximate surface area is 120 Å². The molecule has 2 heteroatoms. The fourth-order valence-electron chi connectivity index (χ4n) is 2.77. The van der Waals surface area contributed by atoms with E-state index >= 15 is 0 Å². The molecule has 2 nitrogen and oxygen atoms in total. The van der Waals surface area contributed by atoms with Crippen molar-refractivity contribution in [3.63, 3.8) is 0 Å². The molecule has 1 saturated carbocycles. The third kappa shape index (κ3) is 4.69. The molecule has 0 heterocycles. The van der Waals surface area contributed by atoms with Crippen LogP contribution in [0.1, 0.15) is 44.1 Å². The van der Waals surface area contributed by atoms with Gasteiger partial charge >= 0.3 is 5.97 Å². The minimum absolute atomic E-state index is 0.532. The molecule has 1 aromatic carbocycles. The summed E-state index contributed by atoms with van der Waals surface area (Å²) in [5, 5.41) is 9.30. The highest BCUT2D eigenvalue weighted by atomic mass is 16.4. The zero-order chi connectivity index (χ0) is 14.2.